The number of ether oxygens (including phenoxy) is 1. The molecule has 96 valence electrons. The molecule has 1 amide bonds. The van der Waals surface area contributed by atoms with Crippen molar-refractivity contribution in [3.63, 3.8) is 0 Å². The van der Waals surface area contributed by atoms with Crippen LogP contribution in [0.4, 0.5) is 4.79 Å². The Labute approximate surface area is 117 Å². The second-order valence-corrected chi connectivity index (χ2v) is 2.51. The van der Waals surface area contributed by atoms with E-state index in [-0.39, 0.29) is 51.9 Å². The third-order valence-electron chi connectivity index (χ3n) is 1.25. The van der Waals surface area contributed by atoms with Gasteiger partial charge in [0, 0.05) is 19.1 Å². The zero-order valence-electron chi connectivity index (χ0n) is 8.45. The molecule has 15 heavy (non-hydrogen) atoms. The van der Waals surface area contributed by atoms with Gasteiger partial charge in [-0.05, 0) is 6.42 Å². The number of alkyl carbamates (subject to hydrolysis) is 1. The van der Waals surface area contributed by atoms with E-state index in [4.69, 9.17) is 16.2 Å². The van der Waals surface area contributed by atoms with Crippen LogP contribution in [0.2, 0.25) is 0 Å². The molecule has 0 aliphatic heterocycles. The molecular formula is C7H17Cl2N3O2Pt. The number of nitrogens with two attached hydrogens (primary N) is 2. The summed E-state index contributed by atoms with van der Waals surface area (Å²) in [6, 6.07) is -0.195. The van der Waals surface area contributed by atoms with Crippen LogP contribution in [0.1, 0.15) is 13.3 Å². The maximum absolute atomic E-state index is 10.8. The van der Waals surface area contributed by atoms with Crippen LogP contribution in [0.3, 0.4) is 0 Å². The summed E-state index contributed by atoms with van der Waals surface area (Å²) in [7, 11) is 0. The second kappa shape index (κ2) is 16.9. The Morgan fingerprint density at radius 2 is 2.00 bits per heavy atom. The normalized spacial score (nSPS) is 9.80. The summed E-state index contributed by atoms with van der Waals surface area (Å²) in [5.41, 5.74) is 10.7. The summed E-state index contributed by atoms with van der Waals surface area (Å²) in [6.45, 7) is 3.08. The standard InChI is InChI=1S/C7H17N3O2.2ClH.Pt/c1-2-3-12-7(11)10-5-6(9)4-8;;;/h6H,2-5,8-9H2,1H3,(H,10,11);2*1H;/q;;;+2/p-2. The van der Waals surface area contributed by atoms with Gasteiger partial charge in [-0.25, -0.2) is 4.79 Å². The molecule has 0 bridgehead atoms. The average Bonchev–Trinajstić information content (AvgIpc) is 2.10. The summed E-state index contributed by atoms with van der Waals surface area (Å²) < 4.78 is 4.74. The van der Waals surface area contributed by atoms with Crippen molar-refractivity contribution in [1.82, 2.24) is 5.32 Å². The Bertz CT molecular complexity index is 143. The quantitative estimate of drug-likeness (QED) is 0.396. The van der Waals surface area contributed by atoms with Crippen molar-refractivity contribution in [1.29, 1.82) is 0 Å². The number of halogens is 2. The topological polar surface area (TPSA) is 90.4 Å². The number of rotatable bonds is 5. The minimum atomic E-state index is -0.430. The summed E-state index contributed by atoms with van der Waals surface area (Å²) in [6.07, 6.45) is 0.386. The number of amides is 1. The molecule has 0 radical (unpaired) electrons. The third-order valence-corrected chi connectivity index (χ3v) is 1.25. The van der Waals surface area contributed by atoms with Crippen LogP contribution in [0.15, 0.2) is 0 Å². The summed E-state index contributed by atoms with van der Waals surface area (Å²) in [4.78, 5) is 10.8. The molecule has 5 nitrogen and oxygen atoms in total. The fourth-order valence-electron chi connectivity index (χ4n) is 0.544. The Hall–Kier alpha value is 0.458. The first-order chi connectivity index (χ1) is 5.70. The smallest absolute Gasteiger partial charge is 1.00 e. The van der Waals surface area contributed by atoms with Crippen LogP contribution < -0.4 is 41.6 Å². The van der Waals surface area contributed by atoms with E-state index in [1.807, 2.05) is 6.92 Å². The van der Waals surface area contributed by atoms with Crippen LogP contribution in [0.5, 0.6) is 0 Å². The maximum atomic E-state index is 10.8. The van der Waals surface area contributed by atoms with Gasteiger partial charge in [0.05, 0.1) is 6.61 Å². The van der Waals surface area contributed by atoms with E-state index in [2.05, 4.69) is 5.32 Å². The average molecular weight is 441 g/mol. The Morgan fingerprint density at radius 3 is 2.40 bits per heavy atom. The fraction of sp³-hybridized carbons (Fsp3) is 0.857. The summed E-state index contributed by atoms with van der Waals surface area (Å²) in [5, 5.41) is 2.50. The van der Waals surface area contributed by atoms with Gasteiger partial charge in [0.2, 0.25) is 0 Å². The molecule has 0 aromatic carbocycles. The van der Waals surface area contributed by atoms with E-state index in [1.165, 1.54) is 0 Å². The number of carbonyl (C=O) groups is 1. The third kappa shape index (κ3) is 17.1. The van der Waals surface area contributed by atoms with E-state index in [9.17, 15) is 4.79 Å². The minimum Gasteiger partial charge on any atom is -1.00 e. The van der Waals surface area contributed by atoms with E-state index in [1.54, 1.807) is 0 Å². The number of nitrogens with one attached hydrogen (secondary N) is 1. The molecule has 0 saturated carbocycles. The number of carbonyl (C=O) groups excluding carboxylic acids is 1. The minimum absolute atomic E-state index is 0. The molecule has 5 N–H and O–H groups in total. The fourth-order valence-corrected chi connectivity index (χ4v) is 0.544. The Morgan fingerprint density at radius 1 is 1.47 bits per heavy atom. The maximum Gasteiger partial charge on any atom is 2.00 e. The predicted molar refractivity (Wildman–Crippen MR) is 46.7 cm³/mol. The van der Waals surface area contributed by atoms with Crippen molar-refractivity contribution in [3.8, 4) is 0 Å². The first kappa shape index (κ1) is 24.6. The molecule has 1 atom stereocenters. The van der Waals surface area contributed by atoms with Crippen LogP contribution in [-0.2, 0) is 25.8 Å². The van der Waals surface area contributed by atoms with Gasteiger partial charge in [-0.3, -0.25) is 0 Å². The van der Waals surface area contributed by atoms with E-state index >= 15 is 0 Å². The van der Waals surface area contributed by atoms with Crippen molar-refractivity contribution >= 4 is 6.09 Å². The molecule has 8 heteroatoms. The molecule has 0 aromatic heterocycles. The molecular weight excluding hydrogens is 424 g/mol. The zero-order valence-corrected chi connectivity index (χ0v) is 12.2. The van der Waals surface area contributed by atoms with Gasteiger partial charge in [-0.1, -0.05) is 6.92 Å². The Balaban J connectivity index is -0.000000202. The van der Waals surface area contributed by atoms with Crippen LogP contribution in [0, 0.1) is 0 Å². The first-order valence-electron chi connectivity index (χ1n) is 4.07. The van der Waals surface area contributed by atoms with Crippen molar-refractivity contribution < 1.29 is 55.4 Å². The summed E-state index contributed by atoms with van der Waals surface area (Å²) in [5.74, 6) is 0. The first-order valence-corrected chi connectivity index (χ1v) is 4.07. The van der Waals surface area contributed by atoms with Gasteiger partial charge in [0.15, 0.2) is 0 Å². The van der Waals surface area contributed by atoms with Gasteiger partial charge in [-0.2, -0.15) is 0 Å². The monoisotopic (exact) mass is 440 g/mol. The van der Waals surface area contributed by atoms with E-state index < -0.39 is 6.09 Å². The summed E-state index contributed by atoms with van der Waals surface area (Å²) >= 11 is 0. The molecule has 0 aliphatic carbocycles. The van der Waals surface area contributed by atoms with Crippen molar-refractivity contribution in [3.05, 3.63) is 0 Å². The van der Waals surface area contributed by atoms with Crippen molar-refractivity contribution in [2.24, 2.45) is 11.5 Å². The molecule has 0 fully saturated rings. The predicted octanol–water partition coefficient (Wildman–Crippen LogP) is -6.59. The molecule has 1 unspecified atom stereocenters. The molecule has 0 spiro atoms. The number of hydrogen-bond acceptors (Lipinski definition) is 4. The van der Waals surface area contributed by atoms with Crippen molar-refractivity contribution in [2.45, 2.75) is 19.4 Å². The van der Waals surface area contributed by atoms with E-state index in [0.29, 0.717) is 19.7 Å². The van der Waals surface area contributed by atoms with Crippen LogP contribution in [0.25, 0.3) is 0 Å². The van der Waals surface area contributed by atoms with Gasteiger partial charge < -0.3 is 46.3 Å². The second-order valence-electron chi connectivity index (χ2n) is 2.51. The SMILES string of the molecule is CCCOC(=O)NCC(N)CN.[Cl-].[Cl-].[Pt+2]. The van der Waals surface area contributed by atoms with Crippen LogP contribution in [-0.4, -0.2) is 31.8 Å². The van der Waals surface area contributed by atoms with E-state index in [0.717, 1.165) is 6.42 Å². The van der Waals surface area contributed by atoms with Gasteiger partial charge in [0.1, 0.15) is 0 Å². The molecule has 0 heterocycles. The van der Waals surface area contributed by atoms with Crippen molar-refractivity contribution in [2.75, 3.05) is 19.7 Å². The van der Waals surface area contributed by atoms with Gasteiger partial charge in [-0.15, -0.1) is 0 Å². The molecule has 0 rings (SSSR count). The zero-order chi connectivity index (χ0) is 9.40. The van der Waals surface area contributed by atoms with Gasteiger partial charge in [0.25, 0.3) is 0 Å². The molecule has 0 aliphatic rings. The number of hydrogen-bond donors (Lipinski definition) is 3. The van der Waals surface area contributed by atoms with Crippen LogP contribution >= 0.6 is 0 Å². The Kier molecular flexibility index (Phi) is 27.7. The molecule has 0 saturated heterocycles. The van der Waals surface area contributed by atoms with Gasteiger partial charge >= 0.3 is 27.2 Å². The molecule has 0 aromatic rings. The largest absolute Gasteiger partial charge is 2.00 e.